The zero-order chi connectivity index (χ0) is 17.9. The summed E-state index contributed by atoms with van der Waals surface area (Å²) in [7, 11) is 4.27. The fourth-order valence-electron chi connectivity index (χ4n) is 3.12. The Morgan fingerprint density at radius 2 is 1.88 bits per heavy atom. The fraction of sp³-hybridized carbons (Fsp3) is 0.455. The molecular weight excluding hydrogens is 292 g/mol. The highest BCUT2D eigenvalue weighted by Crippen LogP contribution is 2.34. The summed E-state index contributed by atoms with van der Waals surface area (Å²) < 4.78 is 0. The van der Waals surface area contributed by atoms with Gasteiger partial charge < -0.3 is 9.80 Å². The number of para-hydroxylation sites is 1. The minimum absolute atomic E-state index is 1.04. The van der Waals surface area contributed by atoms with Crippen LogP contribution >= 0.6 is 0 Å². The van der Waals surface area contributed by atoms with Crippen LogP contribution in [0.4, 0.5) is 5.69 Å². The lowest BCUT2D eigenvalue weighted by molar-refractivity contribution is 0.402. The summed E-state index contributed by atoms with van der Waals surface area (Å²) in [5, 5.41) is 0. The SMILES string of the molecule is C=C/C=C1/CCc2ccccc2N(CCCN(C)C)/C1=C/C.CC. The Morgan fingerprint density at radius 3 is 2.50 bits per heavy atom. The Morgan fingerprint density at radius 1 is 1.17 bits per heavy atom. The molecule has 0 N–H and O–H groups in total. The number of aryl methyl sites for hydroxylation is 1. The Kier molecular flexibility index (Phi) is 9.18. The summed E-state index contributed by atoms with van der Waals surface area (Å²) >= 11 is 0. The third kappa shape index (κ3) is 5.38. The van der Waals surface area contributed by atoms with Crippen molar-refractivity contribution in [2.24, 2.45) is 0 Å². The smallest absolute Gasteiger partial charge is 0.0443 e. The average Bonchev–Trinajstić information content (AvgIpc) is 2.74. The van der Waals surface area contributed by atoms with Gasteiger partial charge in [-0.15, -0.1) is 0 Å². The van der Waals surface area contributed by atoms with Crippen molar-refractivity contribution in [1.82, 2.24) is 4.90 Å². The van der Waals surface area contributed by atoms with Crippen molar-refractivity contribution in [2.75, 3.05) is 32.1 Å². The molecule has 1 heterocycles. The van der Waals surface area contributed by atoms with Gasteiger partial charge in [0.15, 0.2) is 0 Å². The van der Waals surface area contributed by atoms with E-state index < -0.39 is 0 Å². The normalized spacial score (nSPS) is 17.3. The van der Waals surface area contributed by atoms with Gasteiger partial charge >= 0.3 is 0 Å². The van der Waals surface area contributed by atoms with Crippen molar-refractivity contribution in [3.8, 4) is 0 Å². The number of anilines is 1. The number of benzene rings is 1. The molecule has 0 spiro atoms. The number of hydrogen-bond donors (Lipinski definition) is 0. The zero-order valence-corrected chi connectivity index (χ0v) is 16.2. The Balaban J connectivity index is 0.00000139. The van der Waals surface area contributed by atoms with Gasteiger partial charge in [0.25, 0.3) is 0 Å². The van der Waals surface area contributed by atoms with Crippen molar-refractivity contribution in [1.29, 1.82) is 0 Å². The maximum Gasteiger partial charge on any atom is 0.0443 e. The van der Waals surface area contributed by atoms with Gasteiger partial charge in [-0.3, -0.25) is 0 Å². The first-order chi connectivity index (χ1) is 11.7. The van der Waals surface area contributed by atoms with E-state index in [1.165, 1.54) is 22.5 Å². The molecule has 0 saturated heterocycles. The molecule has 132 valence electrons. The number of rotatable bonds is 5. The van der Waals surface area contributed by atoms with Gasteiger partial charge in [0.2, 0.25) is 0 Å². The van der Waals surface area contributed by atoms with Gasteiger partial charge in [0, 0.05) is 17.9 Å². The molecule has 2 heteroatoms. The van der Waals surface area contributed by atoms with Crippen molar-refractivity contribution in [3.63, 3.8) is 0 Å². The van der Waals surface area contributed by atoms with E-state index in [0.29, 0.717) is 0 Å². The first-order valence-electron chi connectivity index (χ1n) is 9.15. The molecule has 0 radical (unpaired) electrons. The second-order valence-corrected chi connectivity index (χ2v) is 6.04. The average molecular weight is 327 g/mol. The van der Waals surface area contributed by atoms with E-state index in [1.807, 2.05) is 19.9 Å². The molecule has 0 atom stereocenters. The van der Waals surface area contributed by atoms with Crippen LogP contribution in [0.3, 0.4) is 0 Å². The third-order valence-corrected chi connectivity index (χ3v) is 4.15. The van der Waals surface area contributed by atoms with E-state index >= 15 is 0 Å². The summed E-state index contributed by atoms with van der Waals surface area (Å²) in [4.78, 5) is 4.74. The lowest BCUT2D eigenvalue weighted by Crippen LogP contribution is -2.27. The summed E-state index contributed by atoms with van der Waals surface area (Å²) in [5.41, 5.74) is 5.53. The number of fused-ring (bicyclic) bond motifs is 1. The van der Waals surface area contributed by atoms with Gasteiger partial charge in [0.05, 0.1) is 0 Å². The molecule has 2 nitrogen and oxygen atoms in total. The summed E-state index contributed by atoms with van der Waals surface area (Å²) in [6.07, 6.45) is 9.64. The predicted octanol–water partition coefficient (Wildman–Crippen LogP) is 5.43. The Labute approximate surface area is 149 Å². The van der Waals surface area contributed by atoms with Gasteiger partial charge in [-0.2, -0.15) is 0 Å². The Hall–Kier alpha value is -1.80. The van der Waals surface area contributed by atoms with E-state index in [2.05, 4.69) is 73.8 Å². The fourth-order valence-corrected chi connectivity index (χ4v) is 3.12. The van der Waals surface area contributed by atoms with Crippen LogP contribution in [0, 0.1) is 0 Å². The van der Waals surface area contributed by atoms with Gasteiger partial charge in [0.1, 0.15) is 0 Å². The highest BCUT2D eigenvalue weighted by molar-refractivity contribution is 5.63. The quantitative estimate of drug-likeness (QED) is 0.711. The zero-order valence-electron chi connectivity index (χ0n) is 16.2. The second-order valence-electron chi connectivity index (χ2n) is 6.04. The molecule has 2 rings (SSSR count). The van der Waals surface area contributed by atoms with Crippen molar-refractivity contribution in [3.05, 3.63) is 65.9 Å². The maximum atomic E-state index is 3.88. The molecule has 0 aromatic heterocycles. The van der Waals surface area contributed by atoms with Crippen LogP contribution in [0.1, 0.15) is 39.2 Å². The molecule has 0 saturated carbocycles. The number of nitrogens with zero attached hydrogens (tertiary/aromatic N) is 2. The predicted molar refractivity (Wildman–Crippen MR) is 109 cm³/mol. The maximum absolute atomic E-state index is 3.88. The van der Waals surface area contributed by atoms with Gasteiger partial charge in [-0.1, -0.05) is 56.9 Å². The van der Waals surface area contributed by atoms with Crippen molar-refractivity contribution in [2.45, 2.75) is 40.0 Å². The molecule has 1 aliphatic rings. The first-order valence-corrected chi connectivity index (χ1v) is 9.15. The topological polar surface area (TPSA) is 6.48 Å². The van der Waals surface area contributed by atoms with Crippen molar-refractivity contribution < 1.29 is 0 Å². The Bertz CT molecular complexity index is 567. The number of hydrogen-bond acceptors (Lipinski definition) is 2. The van der Waals surface area contributed by atoms with Crippen molar-refractivity contribution >= 4 is 5.69 Å². The second kappa shape index (κ2) is 10.9. The minimum Gasteiger partial charge on any atom is -0.341 e. The van der Waals surface area contributed by atoms with Gasteiger partial charge in [-0.25, -0.2) is 0 Å². The molecule has 1 aliphatic heterocycles. The van der Waals surface area contributed by atoms with E-state index in [1.54, 1.807) is 0 Å². The van der Waals surface area contributed by atoms with Crippen LogP contribution in [0.15, 0.2) is 60.3 Å². The summed E-state index contributed by atoms with van der Waals surface area (Å²) in [6.45, 7) is 12.2. The van der Waals surface area contributed by atoms with E-state index in [4.69, 9.17) is 0 Å². The lowest BCUT2D eigenvalue weighted by atomic mass is 10.0. The van der Waals surface area contributed by atoms with E-state index in [0.717, 1.165) is 32.4 Å². The summed E-state index contributed by atoms with van der Waals surface area (Å²) in [6, 6.07) is 8.81. The highest BCUT2D eigenvalue weighted by Gasteiger charge is 2.21. The largest absolute Gasteiger partial charge is 0.341 e. The van der Waals surface area contributed by atoms with E-state index in [-0.39, 0.29) is 0 Å². The molecular formula is C22H34N2. The van der Waals surface area contributed by atoms with Crippen LogP contribution < -0.4 is 4.90 Å². The molecule has 0 fully saturated rings. The van der Waals surface area contributed by atoms with Crippen LogP contribution in [0.5, 0.6) is 0 Å². The number of allylic oxidation sites excluding steroid dienone is 4. The van der Waals surface area contributed by atoms with Crippen LogP contribution in [0.2, 0.25) is 0 Å². The van der Waals surface area contributed by atoms with Crippen LogP contribution in [-0.4, -0.2) is 32.1 Å². The first kappa shape index (κ1) is 20.2. The standard InChI is InChI=1S/C20H28N2.C2H6/c1-5-10-17-13-14-18-11-7-8-12-20(18)22(19(17)6-2)16-9-15-21(3)4;1-2/h5-8,10-12H,1,9,13-16H2,2-4H3;1-2H3/b17-10-,19-6+;. The third-order valence-electron chi connectivity index (χ3n) is 4.15. The molecule has 0 amide bonds. The molecule has 0 unspecified atom stereocenters. The monoisotopic (exact) mass is 326 g/mol. The molecule has 0 aliphatic carbocycles. The van der Waals surface area contributed by atoms with Crippen LogP contribution in [0.25, 0.3) is 0 Å². The van der Waals surface area contributed by atoms with Crippen LogP contribution in [-0.2, 0) is 6.42 Å². The molecule has 24 heavy (non-hydrogen) atoms. The highest BCUT2D eigenvalue weighted by atomic mass is 15.2. The molecule has 0 bridgehead atoms. The minimum atomic E-state index is 1.04. The van der Waals surface area contributed by atoms with Gasteiger partial charge in [-0.05, 0) is 64.0 Å². The molecule has 1 aromatic carbocycles. The summed E-state index contributed by atoms with van der Waals surface area (Å²) in [5.74, 6) is 0. The molecule has 1 aromatic rings. The lowest BCUT2D eigenvalue weighted by Gasteiger charge is -2.29. The van der Waals surface area contributed by atoms with E-state index in [9.17, 15) is 0 Å².